The number of hydrogen-bond donors (Lipinski definition) is 2. The number of ether oxygens (including phenoxy) is 2. The van der Waals surface area contributed by atoms with Crippen LogP contribution in [0.25, 0.3) is 0 Å². The first-order chi connectivity index (χ1) is 6.11. The van der Waals surface area contributed by atoms with E-state index in [-0.39, 0.29) is 5.92 Å². The quantitative estimate of drug-likeness (QED) is 0.630. The molecule has 0 aromatic rings. The summed E-state index contributed by atoms with van der Waals surface area (Å²) in [6.45, 7) is 2.15. The minimum atomic E-state index is -1.31. The highest BCUT2D eigenvalue weighted by atomic mass is 16.7. The molecule has 1 rings (SSSR count). The summed E-state index contributed by atoms with van der Waals surface area (Å²) >= 11 is 0. The van der Waals surface area contributed by atoms with Gasteiger partial charge in [0.25, 0.3) is 0 Å². The van der Waals surface area contributed by atoms with Gasteiger partial charge in [0.1, 0.15) is 6.10 Å². The lowest BCUT2D eigenvalue weighted by molar-refractivity contribution is -0.181. The highest BCUT2D eigenvalue weighted by Crippen LogP contribution is 2.24. The van der Waals surface area contributed by atoms with Crippen LogP contribution in [0, 0.1) is 5.92 Å². The van der Waals surface area contributed by atoms with Gasteiger partial charge in [0.05, 0.1) is 0 Å². The standard InChI is InChI=1S/C8H14O5/c1-5(13-8(10)11)6-3-2-4-12-7(6)9/h5-7,9H,2-4H2,1H3,(H,10,11). The van der Waals surface area contributed by atoms with Gasteiger partial charge >= 0.3 is 6.16 Å². The molecule has 1 fully saturated rings. The molecular weight excluding hydrogens is 176 g/mol. The molecule has 1 aliphatic heterocycles. The van der Waals surface area contributed by atoms with Gasteiger partial charge in [0.2, 0.25) is 0 Å². The fraction of sp³-hybridized carbons (Fsp3) is 0.875. The molecule has 1 heterocycles. The highest BCUT2D eigenvalue weighted by Gasteiger charge is 2.31. The molecule has 5 nitrogen and oxygen atoms in total. The molecule has 1 aliphatic rings. The normalized spacial score (nSPS) is 30.9. The summed E-state index contributed by atoms with van der Waals surface area (Å²) < 4.78 is 9.51. The van der Waals surface area contributed by atoms with Crippen molar-refractivity contribution in [2.45, 2.75) is 32.2 Å². The van der Waals surface area contributed by atoms with Crippen LogP contribution in [-0.2, 0) is 9.47 Å². The van der Waals surface area contributed by atoms with Gasteiger partial charge in [-0.1, -0.05) is 0 Å². The van der Waals surface area contributed by atoms with Gasteiger partial charge in [-0.25, -0.2) is 4.79 Å². The summed E-state index contributed by atoms with van der Waals surface area (Å²) in [5.41, 5.74) is 0. The second kappa shape index (κ2) is 4.43. The van der Waals surface area contributed by atoms with E-state index in [1.165, 1.54) is 0 Å². The molecular formula is C8H14O5. The lowest BCUT2D eigenvalue weighted by Crippen LogP contribution is -2.38. The second-order valence-electron chi connectivity index (χ2n) is 3.16. The summed E-state index contributed by atoms with van der Waals surface area (Å²) in [6.07, 6.45) is -1.17. The zero-order chi connectivity index (χ0) is 9.84. The Morgan fingerprint density at radius 2 is 2.38 bits per heavy atom. The van der Waals surface area contributed by atoms with Crippen molar-refractivity contribution in [2.24, 2.45) is 5.92 Å². The number of aliphatic hydroxyl groups excluding tert-OH is 1. The molecule has 1 saturated heterocycles. The van der Waals surface area contributed by atoms with Crippen LogP contribution in [0.4, 0.5) is 4.79 Å². The molecule has 3 atom stereocenters. The average Bonchev–Trinajstić information content (AvgIpc) is 2.03. The molecule has 0 saturated carbocycles. The zero-order valence-electron chi connectivity index (χ0n) is 7.47. The van der Waals surface area contributed by atoms with Gasteiger partial charge in [-0.05, 0) is 19.8 Å². The minimum absolute atomic E-state index is 0.246. The molecule has 0 bridgehead atoms. The van der Waals surface area contributed by atoms with Crippen molar-refractivity contribution in [2.75, 3.05) is 6.61 Å². The van der Waals surface area contributed by atoms with Crippen molar-refractivity contribution >= 4 is 6.16 Å². The van der Waals surface area contributed by atoms with Gasteiger partial charge in [-0.2, -0.15) is 0 Å². The molecule has 0 radical (unpaired) electrons. The van der Waals surface area contributed by atoms with Crippen LogP contribution in [0.2, 0.25) is 0 Å². The predicted octanol–water partition coefficient (Wildman–Crippen LogP) is 0.815. The third kappa shape index (κ3) is 2.86. The molecule has 0 aromatic heterocycles. The first kappa shape index (κ1) is 10.3. The van der Waals surface area contributed by atoms with Gasteiger partial charge in [0.15, 0.2) is 6.29 Å². The number of carbonyl (C=O) groups is 1. The highest BCUT2D eigenvalue weighted by molar-refractivity contribution is 5.57. The van der Waals surface area contributed by atoms with Crippen LogP contribution in [-0.4, -0.2) is 35.4 Å². The van der Waals surface area contributed by atoms with E-state index in [1.807, 2.05) is 0 Å². The van der Waals surface area contributed by atoms with Gasteiger partial charge < -0.3 is 19.7 Å². The van der Waals surface area contributed by atoms with Crippen molar-refractivity contribution < 1.29 is 24.5 Å². The largest absolute Gasteiger partial charge is 0.506 e. The van der Waals surface area contributed by atoms with Crippen LogP contribution in [0.15, 0.2) is 0 Å². The first-order valence-electron chi connectivity index (χ1n) is 4.30. The van der Waals surface area contributed by atoms with E-state index in [0.29, 0.717) is 6.61 Å². The summed E-state index contributed by atoms with van der Waals surface area (Å²) in [4.78, 5) is 10.2. The Morgan fingerprint density at radius 3 is 2.92 bits per heavy atom. The Labute approximate surface area is 76.3 Å². The number of aliphatic hydroxyl groups is 1. The SMILES string of the molecule is CC(OC(=O)O)C1CCCOC1O. The Balaban J connectivity index is 2.43. The zero-order valence-corrected chi connectivity index (χ0v) is 7.47. The van der Waals surface area contributed by atoms with Crippen molar-refractivity contribution in [3.05, 3.63) is 0 Å². The Morgan fingerprint density at radius 1 is 1.69 bits per heavy atom. The third-order valence-electron chi connectivity index (χ3n) is 2.23. The first-order valence-corrected chi connectivity index (χ1v) is 4.30. The topological polar surface area (TPSA) is 76.0 Å². The van der Waals surface area contributed by atoms with Crippen molar-refractivity contribution in [3.8, 4) is 0 Å². The minimum Gasteiger partial charge on any atom is -0.450 e. The predicted molar refractivity (Wildman–Crippen MR) is 43.3 cm³/mol. The molecule has 3 unspecified atom stereocenters. The van der Waals surface area contributed by atoms with Gasteiger partial charge in [-0.15, -0.1) is 0 Å². The van der Waals surface area contributed by atoms with E-state index >= 15 is 0 Å². The smallest absolute Gasteiger partial charge is 0.450 e. The lowest BCUT2D eigenvalue weighted by atomic mass is 9.95. The molecule has 0 spiro atoms. The Bertz CT molecular complexity index is 181. The molecule has 2 N–H and O–H groups in total. The lowest BCUT2D eigenvalue weighted by Gasteiger charge is -2.31. The summed E-state index contributed by atoms with van der Waals surface area (Å²) in [7, 11) is 0. The maximum Gasteiger partial charge on any atom is 0.506 e. The van der Waals surface area contributed by atoms with E-state index in [4.69, 9.17) is 9.84 Å². The molecule has 0 aromatic carbocycles. The molecule has 0 aliphatic carbocycles. The maximum atomic E-state index is 10.2. The van der Waals surface area contributed by atoms with Crippen LogP contribution < -0.4 is 0 Å². The van der Waals surface area contributed by atoms with Gasteiger partial charge in [-0.3, -0.25) is 0 Å². The molecule has 13 heavy (non-hydrogen) atoms. The van der Waals surface area contributed by atoms with E-state index in [9.17, 15) is 9.90 Å². The fourth-order valence-corrected chi connectivity index (χ4v) is 1.50. The Kier molecular flexibility index (Phi) is 3.50. The molecule has 0 amide bonds. The Hall–Kier alpha value is -0.810. The molecule has 5 heteroatoms. The molecule has 76 valence electrons. The van der Waals surface area contributed by atoms with Crippen molar-refractivity contribution in [3.63, 3.8) is 0 Å². The number of hydrogen-bond acceptors (Lipinski definition) is 4. The van der Waals surface area contributed by atoms with Crippen LogP contribution in [0.3, 0.4) is 0 Å². The summed E-state index contributed by atoms with van der Waals surface area (Å²) in [5.74, 6) is -0.246. The monoisotopic (exact) mass is 190 g/mol. The van der Waals surface area contributed by atoms with E-state index in [2.05, 4.69) is 4.74 Å². The summed E-state index contributed by atoms with van der Waals surface area (Å²) in [5, 5.41) is 17.7. The van der Waals surface area contributed by atoms with Crippen LogP contribution >= 0.6 is 0 Å². The van der Waals surface area contributed by atoms with Crippen molar-refractivity contribution in [1.29, 1.82) is 0 Å². The van der Waals surface area contributed by atoms with E-state index in [0.717, 1.165) is 12.8 Å². The number of rotatable bonds is 2. The second-order valence-corrected chi connectivity index (χ2v) is 3.16. The summed E-state index contributed by atoms with van der Waals surface area (Å²) in [6, 6.07) is 0. The third-order valence-corrected chi connectivity index (χ3v) is 2.23. The van der Waals surface area contributed by atoms with Crippen LogP contribution in [0.1, 0.15) is 19.8 Å². The average molecular weight is 190 g/mol. The van der Waals surface area contributed by atoms with E-state index in [1.54, 1.807) is 6.92 Å². The van der Waals surface area contributed by atoms with Crippen molar-refractivity contribution in [1.82, 2.24) is 0 Å². The fourth-order valence-electron chi connectivity index (χ4n) is 1.50. The number of carboxylic acid groups (broad SMARTS) is 1. The van der Waals surface area contributed by atoms with Crippen LogP contribution in [0.5, 0.6) is 0 Å². The maximum absolute atomic E-state index is 10.2. The van der Waals surface area contributed by atoms with Gasteiger partial charge in [0, 0.05) is 12.5 Å². The van der Waals surface area contributed by atoms with E-state index < -0.39 is 18.5 Å².